The van der Waals surface area contributed by atoms with Gasteiger partial charge in [0.2, 0.25) is 5.91 Å². The molecule has 1 atom stereocenters. The van der Waals surface area contributed by atoms with Crippen molar-refractivity contribution in [2.24, 2.45) is 0 Å². The summed E-state index contributed by atoms with van der Waals surface area (Å²) in [4.78, 5) is 17.9. The lowest BCUT2D eigenvalue weighted by molar-refractivity contribution is -0.136. The minimum Gasteiger partial charge on any atom is -0.331 e. The molecular formula is C24H28N2O3S3. The van der Waals surface area contributed by atoms with Gasteiger partial charge in [-0.05, 0) is 41.4 Å². The molecule has 2 aromatic heterocycles. The van der Waals surface area contributed by atoms with E-state index in [1.807, 2.05) is 41.9 Å². The van der Waals surface area contributed by atoms with Crippen LogP contribution in [0, 0.1) is 0 Å². The zero-order valence-electron chi connectivity index (χ0n) is 18.1. The topological polar surface area (TPSA) is 57.7 Å². The smallest absolute Gasteiger partial charge is 0.264 e. The summed E-state index contributed by atoms with van der Waals surface area (Å²) >= 11 is 3.17. The predicted octanol–water partition coefficient (Wildman–Crippen LogP) is 5.73. The van der Waals surface area contributed by atoms with Crippen LogP contribution < -0.4 is 0 Å². The minimum atomic E-state index is -3.91. The molecule has 0 saturated heterocycles. The number of carbonyl (C=O) groups excluding carboxylic acids is 1. The highest BCUT2D eigenvalue weighted by atomic mass is 32.2. The fourth-order valence-corrected chi connectivity index (χ4v) is 6.38. The molecule has 8 heteroatoms. The van der Waals surface area contributed by atoms with Crippen molar-refractivity contribution in [1.29, 1.82) is 0 Å². The summed E-state index contributed by atoms with van der Waals surface area (Å²) in [6.45, 7) is 6.66. The second-order valence-corrected chi connectivity index (χ2v) is 11.2. The van der Waals surface area contributed by atoms with Gasteiger partial charge in [-0.2, -0.15) is 0 Å². The van der Waals surface area contributed by atoms with E-state index in [0.29, 0.717) is 19.5 Å². The molecule has 1 aromatic carbocycles. The first kappa shape index (κ1) is 24.2. The van der Waals surface area contributed by atoms with Crippen molar-refractivity contribution in [2.45, 2.75) is 50.2 Å². The average Bonchev–Trinajstić information content (AvgIpc) is 3.50. The van der Waals surface area contributed by atoms with Crippen LogP contribution in [-0.4, -0.2) is 29.6 Å². The van der Waals surface area contributed by atoms with Gasteiger partial charge < -0.3 is 4.90 Å². The van der Waals surface area contributed by atoms with Gasteiger partial charge in [-0.3, -0.25) is 9.10 Å². The number of rotatable bonds is 12. The molecule has 170 valence electrons. The number of hydrogen-bond acceptors (Lipinski definition) is 5. The van der Waals surface area contributed by atoms with E-state index in [4.69, 9.17) is 0 Å². The summed E-state index contributed by atoms with van der Waals surface area (Å²) < 4.78 is 28.0. The lowest BCUT2D eigenvalue weighted by atomic mass is 10.1. The molecule has 0 aliphatic heterocycles. The maximum atomic E-state index is 13.9. The Morgan fingerprint density at radius 3 is 2.06 bits per heavy atom. The SMILES string of the molecule is C=CN([C@@H](CCCC)C(=O)N(Cc1cccs1)Cc1cccs1)S(=O)(=O)c1ccccc1. The van der Waals surface area contributed by atoms with Gasteiger partial charge in [0.15, 0.2) is 0 Å². The second kappa shape index (κ2) is 11.4. The molecule has 0 aliphatic rings. The molecule has 0 saturated carbocycles. The minimum absolute atomic E-state index is 0.150. The molecule has 0 N–H and O–H groups in total. The van der Waals surface area contributed by atoms with E-state index < -0.39 is 16.1 Å². The lowest BCUT2D eigenvalue weighted by Crippen LogP contribution is -2.48. The third kappa shape index (κ3) is 5.88. The van der Waals surface area contributed by atoms with E-state index in [-0.39, 0.29) is 10.8 Å². The van der Waals surface area contributed by atoms with Crippen molar-refractivity contribution in [3.63, 3.8) is 0 Å². The van der Waals surface area contributed by atoms with Crippen LogP contribution in [0.15, 0.2) is 83.0 Å². The standard InChI is InChI=1S/C24H28N2O3S3/c1-3-5-15-23(26(4-2)32(28,29)22-13-7-6-8-14-22)24(27)25(18-20-11-9-16-30-20)19-21-12-10-17-31-21/h4,6-14,16-17,23H,2-3,5,15,18-19H2,1H3/t23-/m0/s1. The van der Waals surface area contributed by atoms with E-state index >= 15 is 0 Å². The van der Waals surface area contributed by atoms with Crippen LogP contribution in [-0.2, 0) is 27.9 Å². The highest BCUT2D eigenvalue weighted by molar-refractivity contribution is 7.89. The number of unbranched alkanes of at least 4 members (excludes halogenated alkanes) is 1. The van der Waals surface area contributed by atoms with Crippen LogP contribution in [0.3, 0.4) is 0 Å². The second-order valence-electron chi connectivity index (χ2n) is 7.34. The van der Waals surface area contributed by atoms with E-state index in [1.165, 1.54) is 6.20 Å². The van der Waals surface area contributed by atoms with Gasteiger partial charge in [0.25, 0.3) is 10.0 Å². The summed E-state index contributed by atoms with van der Waals surface area (Å²) in [7, 11) is -3.91. The molecular weight excluding hydrogens is 460 g/mol. The van der Waals surface area contributed by atoms with Gasteiger partial charge in [0, 0.05) is 16.0 Å². The Morgan fingerprint density at radius 1 is 1.00 bits per heavy atom. The van der Waals surface area contributed by atoms with Crippen LogP contribution in [0.5, 0.6) is 0 Å². The summed E-state index contributed by atoms with van der Waals surface area (Å²) in [6.07, 6.45) is 3.29. The first-order chi connectivity index (χ1) is 15.5. The van der Waals surface area contributed by atoms with Crippen LogP contribution in [0.4, 0.5) is 0 Å². The first-order valence-corrected chi connectivity index (χ1v) is 13.7. The fraction of sp³-hybridized carbons (Fsp3) is 0.292. The van der Waals surface area contributed by atoms with Gasteiger partial charge in [0.05, 0.1) is 18.0 Å². The van der Waals surface area contributed by atoms with Gasteiger partial charge in [0.1, 0.15) is 6.04 Å². The molecule has 3 aromatic rings. The molecule has 0 bridgehead atoms. The third-order valence-corrected chi connectivity index (χ3v) is 8.64. The lowest BCUT2D eigenvalue weighted by Gasteiger charge is -2.33. The van der Waals surface area contributed by atoms with Crippen LogP contribution in [0.25, 0.3) is 0 Å². The number of amides is 1. The number of sulfonamides is 1. The monoisotopic (exact) mass is 488 g/mol. The van der Waals surface area contributed by atoms with Crippen molar-refractivity contribution >= 4 is 38.6 Å². The fourth-order valence-electron chi connectivity index (χ4n) is 3.47. The molecule has 3 rings (SSSR count). The molecule has 0 spiro atoms. The van der Waals surface area contributed by atoms with Crippen LogP contribution >= 0.6 is 22.7 Å². The van der Waals surface area contributed by atoms with Gasteiger partial charge in [-0.25, -0.2) is 8.42 Å². The number of carbonyl (C=O) groups is 1. The quantitative estimate of drug-likeness (QED) is 0.327. The number of hydrogen-bond donors (Lipinski definition) is 0. The maximum Gasteiger partial charge on any atom is 0.264 e. The van der Waals surface area contributed by atoms with Crippen molar-refractivity contribution in [1.82, 2.24) is 9.21 Å². The Balaban J connectivity index is 1.96. The highest BCUT2D eigenvalue weighted by Gasteiger charge is 2.35. The van der Waals surface area contributed by atoms with E-state index in [0.717, 1.165) is 26.9 Å². The largest absolute Gasteiger partial charge is 0.331 e. The Labute approximate surface area is 198 Å². The zero-order chi connectivity index (χ0) is 23.0. The van der Waals surface area contributed by atoms with Gasteiger partial charge in [-0.1, -0.05) is 56.7 Å². The van der Waals surface area contributed by atoms with E-state index in [9.17, 15) is 13.2 Å². The maximum absolute atomic E-state index is 13.9. The molecule has 32 heavy (non-hydrogen) atoms. The summed E-state index contributed by atoms with van der Waals surface area (Å²) in [5, 5.41) is 3.96. The normalized spacial score (nSPS) is 12.3. The number of thiophene rings is 2. The summed E-state index contributed by atoms with van der Waals surface area (Å²) in [5.41, 5.74) is 0. The Bertz CT molecular complexity index is 1040. The van der Waals surface area contributed by atoms with Crippen molar-refractivity contribution in [3.8, 4) is 0 Å². The molecule has 5 nitrogen and oxygen atoms in total. The zero-order valence-corrected chi connectivity index (χ0v) is 20.5. The van der Waals surface area contributed by atoms with Crippen molar-refractivity contribution < 1.29 is 13.2 Å². The van der Waals surface area contributed by atoms with Crippen molar-refractivity contribution in [3.05, 3.63) is 87.9 Å². The van der Waals surface area contributed by atoms with E-state index in [1.54, 1.807) is 57.9 Å². The number of nitrogens with zero attached hydrogens (tertiary/aromatic N) is 2. The molecule has 0 aliphatic carbocycles. The number of benzene rings is 1. The van der Waals surface area contributed by atoms with E-state index in [2.05, 4.69) is 6.58 Å². The molecule has 0 unspecified atom stereocenters. The Hall–Kier alpha value is -2.42. The highest BCUT2D eigenvalue weighted by Crippen LogP contribution is 2.25. The predicted molar refractivity (Wildman–Crippen MR) is 132 cm³/mol. The molecule has 2 heterocycles. The third-order valence-electron chi connectivity index (χ3n) is 5.09. The van der Waals surface area contributed by atoms with Gasteiger partial charge >= 0.3 is 0 Å². The van der Waals surface area contributed by atoms with Crippen LogP contribution in [0.2, 0.25) is 0 Å². The van der Waals surface area contributed by atoms with Crippen molar-refractivity contribution in [2.75, 3.05) is 0 Å². The summed E-state index contributed by atoms with van der Waals surface area (Å²) in [6, 6.07) is 15.3. The first-order valence-electron chi connectivity index (χ1n) is 10.5. The van der Waals surface area contributed by atoms with Gasteiger partial charge in [-0.15, -0.1) is 22.7 Å². The van der Waals surface area contributed by atoms with Crippen LogP contribution in [0.1, 0.15) is 35.9 Å². The Morgan fingerprint density at radius 2 is 1.59 bits per heavy atom. The molecule has 0 fully saturated rings. The average molecular weight is 489 g/mol. The Kier molecular flexibility index (Phi) is 8.67. The molecule has 0 radical (unpaired) electrons. The summed E-state index contributed by atoms with van der Waals surface area (Å²) in [5.74, 6) is -0.209. The molecule has 1 amide bonds.